The van der Waals surface area contributed by atoms with Crippen molar-refractivity contribution in [2.24, 2.45) is 0 Å². The third-order valence-corrected chi connectivity index (χ3v) is 4.62. The van der Waals surface area contributed by atoms with Gasteiger partial charge in [-0.1, -0.05) is 17.3 Å². The predicted molar refractivity (Wildman–Crippen MR) is 93.2 cm³/mol. The predicted octanol–water partition coefficient (Wildman–Crippen LogP) is 1.04. The molecule has 1 saturated heterocycles. The SMILES string of the molecule is CCn1nc(-c2nc(C3CNCCN3C)no2)c(=O)c2ccccc21. The highest BCUT2D eigenvalue weighted by Gasteiger charge is 2.27. The summed E-state index contributed by atoms with van der Waals surface area (Å²) in [5, 5.41) is 12.5. The number of nitrogens with zero attached hydrogens (tertiary/aromatic N) is 5. The van der Waals surface area contributed by atoms with Gasteiger partial charge in [-0.05, 0) is 26.1 Å². The van der Waals surface area contributed by atoms with Gasteiger partial charge in [0, 0.05) is 31.6 Å². The Bertz CT molecular complexity index is 963. The number of aryl methyl sites for hydroxylation is 1. The lowest BCUT2D eigenvalue weighted by Gasteiger charge is -2.30. The molecule has 0 saturated carbocycles. The molecule has 2 aromatic heterocycles. The first-order valence-electron chi connectivity index (χ1n) is 8.44. The lowest BCUT2D eigenvalue weighted by atomic mass is 10.2. The quantitative estimate of drug-likeness (QED) is 0.762. The molecular formula is C17H20N6O2. The summed E-state index contributed by atoms with van der Waals surface area (Å²) < 4.78 is 7.17. The van der Waals surface area contributed by atoms with Crippen LogP contribution in [-0.2, 0) is 6.54 Å². The van der Waals surface area contributed by atoms with E-state index in [0.29, 0.717) is 17.8 Å². The topological polar surface area (TPSA) is 89.1 Å². The van der Waals surface area contributed by atoms with Gasteiger partial charge in [-0.3, -0.25) is 14.4 Å². The fraction of sp³-hybridized carbons (Fsp3) is 0.412. The number of fused-ring (bicyclic) bond motifs is 1. The molecule has 0 bridgehead atoms. The number of para-hydroxylation sites is 1. The number of hydrogen-bond donors (Lipinski definition) is 1. The fourth-order valence-electron chi connectivity index (χ4n) is 3.18. The minimum atomic E-state index is -0.189. The minimum Gasteiger partial charge on any atom is -0.332 e. The monoisotopic (exact) mass is 340 g/mol. The highest BCUT2D eigenvalue weighted by molar-refractivity contribution is 5.81. The molecule has 1 unspecified atom stereocenters. The lowest BCUT2D eigenvalue weighted by molar-refractivity contribution is 0.190. The molecule has 1 aliphatic rings. The second kappa shape index (κ2) is 6.38. The molecular weight excluding hydrogens is 320 g/mol. The number of aromatic nitrogens is 4. The molecule has 0 radical (unpaired) electrons. The second-order valence-corrected chi connectivity index (χ2v) is 6.17. The molecule has 1 fully saturated rings. The van der Waals surface area contributed by atoms with Gasteiger partial charge in [0.25, 0.3) is 5.89 Å². The van der Waals surface area contributed by atoms with Crippen LogP contribution in [0.1, 0.15) is 18.8 Å². The first-order chi connectivity index (χ1) is 12.2. The van der Waals surface area contributed by atoms with Crippen LogP contribution >= 0.6 is 0 Å². The largest absolute Gasteiger partial charge is 0.332 e. The van der Waals surface area contributed by atoms with Gasteiger partial charge in [0.15, 0.2) is 11.5 Å². The average Bonchev–Trinajstić information content (AvgIpc) is 3.12. The lowest BCUT2D eigenvalue weighted by Crippen LogP contribution is -2.44. The minimum absolute atomic E-state index is 0.0279. The van der Waals surface area contributed by atoms with Crippen molar-refractivity contribution in [1.29, 1.82) is 0 Å². The van der Waals surface area contributed by atoms with Crippen LogP contribution in [0.5, 0.6) is 0 Å². The molecule has 8 nitrogen and oxygen atoms in total. The van der Waals surface area contributed by atoms with Gasteiger partial charge >= 0.3 is 0 Å². The number of rotatable bonds is 3. The van der Waals surface area contributed by atoms with Crippen LogP contribution in [0, 0.1) is 0 Å². The third kappa shape index (κ3) is 2.73. The maximum Gasteiger partial charge on any atom is 0.282 e. The molecule has 130 valence electrons. The van der Waals surface area contributed by atoms with Crippen molar-refractivity contribution in [1.82, 2.24) is 30.1 Å². The summed E-state index contributed by atoms with van der Waals surface area (Å²) in [6, 6.07) is 7.45. The summed E-state index contributed by atoms with van der Waals surface area (Å²) in [5.74, 6) is 0.744. The Labute approximate surface area is 144 Å². The third-order valence-electron chi connectivity index (χ3n) is 4.62. The Balaban J connectivity index is 1.80. The summed E-state index contributed by atoms with van der Waals surface area (Å²) in [6.07, 6.45) is 0. The number of hydrogen-bond acceptors (Lipinski definition) is 7. The van der Waals surface area contributed by atoms with Crippen LogP contribution in [0.15, 0.2) is 33.6 Å². The zero-order chi connectivity index (χ0) is 17.4. The number of benzene rings is 1. The zero-order valence-corrected chi connectivity index (χ0v) is 14.3. The maximum absolute atomic E-state index is 12.8. The average molecular weight is 340 g/mol. The molecule has 0 amide bonds. The van der Waals surface area contributed by atoms with Crippen molar-refractivity contribution in [2.45, 2.75) is 19.5 Å². The molecule has 25 heavy (non-hydrogen) atoms. The summed E-state index contributed by atoms with van der Waals surface area (Å²) in [6.45, 7) is 5.22. The van der Waals surface area contributed by atoms with Gasteiger partial charge in [0.05, 0.1) is 11.6 Å². The van der Waals surface area contributed by atoms with Crippen molar-refractivity contribution < 1.29 is 4.52 Å². The molecule has 0 aliphatic carbocycles. The van der Waals surface area contributed by atoms with Gasteiger partial charge < -0.3 is 9.84 Å². The zero-order valence-electron chi connectivity index (χ0n) is 14.3. The highest BCUT2D eigenvalue weighted by Crippen LogP contribution is 2.21. The summed E-state index contributed by atoms with van der Waals surface area (Å²) in [4.78, 5) is 19.5. The Kier molecular flexibility index (Phi) is 4.06. The van der Waals surface area contributed by atoms with Gasteiger partial charge in [-0.2, -0.15) is 10.1 Å². The van der Waals surface area contributed by atoms with Crippen LogP contribution in [0.3, 0.4) is 0 Å². The number of likely N-dealkylation sites (N-methyl/N-ethyl adjacent to an activating group) is 1. The van der Waals surface area contributed by atoms with E-state index in [1.807, 2.05) is 32.2 Å². The van der Waals surface area contributed by atoms with E-state index in [1.54, 1.807) is 10.7 Å². The van der Waals surface area contributed by atoms with Gasteiger partial charge in [-0.25, -0.2) is 0 Å². The molecule has 3 heterocycles. The van der Waals surface area contributed by atoms with E-state index in [9.17, 15) is 4.79 Å². The van der Waals surface area contributed by atoms with Crippen molar-refractivity contribution in [3.63, 3.8) is 0 Å². The van der Waals surface area contributed by atoms with Gasteiger partial charge in [0.1, 0.15) is 0 Å². The second-order valence-electron chi connectivity index (χ2n) is 6.17. The van der Waals surface area contributed by atoms with E-state index in [-0.39, 0.29) is 23.1 Å². The maximum atomic E-state index is 12.8. The van der Waals surface area contributed by atoms with E-state index in [2.05, 4.69) is 25.5 Å². The smallest absolute Gasteiger partial charge is 0.282 e. The van der Waals surface area contributed by atoms with Gasteiger partial charge in [0.2, 0.25) is 5.43 Å². The van der Waals surface area contributed by atoms with Crippen LogP contribution in [0.4, 0.5) is 0 Å². The van der Waals surface area contributed by atoms with Crippen LogP contribution < -0.4 is 10.7 Å². The van der Waals surface area contributed by atoms with Crippen LogP contribution in [0.25, 0.3) is 22.5 Å². The molecule has 1 aliphatic heterocycles. The standard InChI is InChI=1S/C17H20N6O2/c1-3-23-12-7-5-4-6-11(12)15(24)14(20-23)17-19-16(21-25-17)13-10-18-8-9-22(13)2/h4-7,13,18H,3,8-10H2,1-2H3. The fourth-order valence-corrected chi connectivity index (χ4v) is 3.18. The Morgan fingerprint density at radius 2 is 2.20 bits per heavy atom. The highest BCUT2D eigenvalue weighted by atomic mass is 16.5. The normalized spacial score (nSPS) is 18.7. The first-order valence-corrected chi connectivity index (χ1v) is 8.44. The number of nitrogens with one attached hydrogen (secondary N) is 1. The van der Waals surface area contributed by atoms with E-state index >= 15 is 0 Å². The Morgan fingerprint density at radius 3 is 3.00 bits per heavy atom. The van der Waals surface area contributed by atoms with Crippen LogP contribution in [-0.4, -0.2) is 51.5 Å². The summed E-state index contributed by atoms with van der Waals surface area (Å²) in [5.41, 5.74) is 0.811. The van der Waals surface area contributed by atoms with Crippen molar-refractivity contribution in [3.05, 3.63) is 40.3 Å². The summed E-state index contributed by atoms with van der Waals surface area (Å²) in [7, 11) is 2.03. The number of piperazine rings is 1. The van der Waals surface area contributed by atoms with E-state index in [0.717, 1.165) is 25.2 Å². The van der Waals surface area contributed by atoms with Crippen molar-refractivity contribution >= 4 is 10.9 Å². The van der Waals surface area contributed by atoms with E-state index in [1.165, 1.54) is 0 Å². The summed E-state index contributed by atoms with van der Waals surface area (Å²) >= 11 is 0. The molecule has 8 heteroatoms. The first kappa shape index (κ1) is 15.9. The van der Waals surface area contributed by atoms with Gasteiger partial charge in [-0.15, -0.1) is 0 Å². The van der Waals surface area contributed by atoms with Crippen molar-refractivity contribution in [3.8, 4) is 11.6 Å². The molecule has 1 N–H and O–H groups in total. The molecule has 1 atom stereocenters. The van der Waals surface area contributed by atoms with E-state index < -0.39 is 0 Å². The molecule has 0 spiro atoms. The molecule has 1 aromatic carbocycles. The van der Waals surface area contributed by atoms with E-state index in [4.69, 9.17) is 4.52 Å². The Morgan fingerprint density at radius 1 is 1.36 bits per heavy atom. The van der Waals surface area contributed by atoms with Crippen LogP contribution in [0.2, 0.25) is 0 Å². The van der Waals surface area contributed by atoms with Crippen molar-refractivity contribution in [2.75, 3.05) is 26.7 Å². The molecule has 3 aromatic rings. The molecule has 4 rings (SSSR count). The Hall–Kier alpha value is -2.58.